The van der Waals surface area contributed by atoms with Gasteiger partial charge < -0.3 is 23.7 Å². The Kier molecular flexibility index (Phi) is 13.9. The Morgan fingerprint density at radius 3 is 1.73 bits per heavy atom. The number of aldehydes is 1. The minimum absolute atomic E-state index is 0.167. The molecule has 11 nitrogen and oxygen atoms in total. The van der Waals surface area contributed by atoms with Crippen LogP contribution in [0.3, 0.4) is 0 Å². The van der Waals surface area contributed by atoms with Crippen LogP contribution < -0.4 is 5.32 Å². The van der Waals surface area contributed by atoms with E-state index >= 15 is 0 Å². The third-order valence-corrected chi connectivity index (χ3v) is 7.39. The fourth-order valence-corrected chi connectivity index (χ4v) is 4.36. The summed E-state index contributed by atoms with van der Waals surface area (Å²) >= 11 is 0. The van der Waals surface area contributed by atoms with Crippen LogP contribution in [0.5, 0.6) is 0 Å². The number of allylic oxidation sites excluding steroid dienone is 1. The van der Waals surface area contributed by atoms with E-state index in [1.54, 1.807) is 95.2 Å². The molecule has 0 unspecified atom stereocenters. The highest BCUT2D eigenvalue weighted by molar-refractivity contribution is 5.78. The number of carbonyl (C=O) groups excluding carboxylic acids is 5. The van der Waals surface area contributed by atoms with Crippen LogP contribution in [-0.2, 0) is 47.7 Å². The van der Waals surface area contributed by atoms with E-state index in [0.29, 0.717) is 11.8 Å². The third kappa shape index (κ3) is 12.3. The predicted octanol–water partition coefficient (Wildman–Crippen LogP) is 5.79. The fraction of sp³-hybridized carbons (Fsp3) is 0.649. The van der Waals surface area contributed by atoms with Gasteiger partial charge in [-0.05, 0) is 113 Å². The number of nitrogens with one attached hydrogen (secondary N) is 1. The molecule has 1 N–H and O–H groups in total. The van der Waals surface area contributed by atoms with E-state index in [4.69, 9.17) is 23.7 Å². The SMILES string of the molecule is CC(C)(C)C(=O)OC[C@H]1O[C@@H](N[C@@H](C/C=C/C=O)c2cccc(F)c2)[C@H](OC(=O)C(C)(C)C)[C@@H](OC(=O)C(C)(C)C)[C@H]1OC(=O)C(C)(C)C. The molecule has 0 aliphatic carbocycles. The Hall–Kier alpha value is -3.64. The Morgan fingerprint density at radius 2 is 1.27 bits per heavy atom. The van der Waals surface area contributed by atoms with Crippen molar-refractivity contribution in [2.45, 2.75) is 126 Å². The summed E-state index contributed by atoms with van der Waals surface area (Å²) in [5.74, 6) is -3.11. The number of ether oxygens (including phenoxy) is 5. The van der Waals surface area contributed by atoms with E-state index in [-0.39, 0.29) is 6.42 Å². The molecule has 1 fully saturated rings. The highest BCUT2D eigenvalue weighted by Gasteiger charge is 2.55. The second-order valence-electron chi connectivity index (χ2n) is 16.4. The second kappa shape index (κ2) is 16.4. The lowest BCUT2D eigenvalue weighted by molar-refractivity contribution is -0.266. The molecule has 1 saturated heterocycles. The monoisotopic (exact) mass is 691 g/mol. The first-order chi connectivity index (χ1) is 22.4. The van der Waals surface area contributed by atoms with E-state index in [2.05, 4.69) is 5.32 Å². The van der Waals surface area contributed by atoms with Crippen LogP contribution in [0, 0.1) is 27.5 Å². The molecule has 0 radical (unpaired) electrons. The smallest absolute Gasteiger partial charge is 0.311 e. The van der Waals surface area contributed by atoms with Crippen LogP contribution in [0.15, 0.2) is 36.4 Å². The van der Waals surface area contributed by atoms with Crippen LogP contribution in [0.1, 0.15) is 101 Å². The van der Waals surface area contributed by atoms with Gasteiger partial charge in [-0.1, -0.05) is 18.2 Å². The summed E-state index contributed by atoms with van der Waals surface area (Å²) in [4.78, 5) is 64.4. The van der Waals surface area contributed by atoms with Gasteiger partial charge in [0.25, 0.3) is 0 Å². The molecular formula is C37H54FNO10. The maximum atomic E-state index is 14.4. The van der Waals surface area contributed by atoms with Gasteiger partial charge in [0.2, 0.25) is 0 Å². The number of hydrogen-bond donors (Lipinski definition) is 1. The van der Waals surface area contributed by atoms with E-state index in [1.165, 1.54) is 24.3 Å². The van der Waals surface area contributed by atoms with E-state index in [9.17, 15) is 28.4 Å². The molecule has 1 heterocycles. The molecule has 49 heavy (non-hydrogen) atoms. The molecule has 0 aromatic heterocycles. The minimum atomic E-state index is -1.45. The third-order valence-electron chi connectivity index (χ3n) is 7.39. The molecule has 2 rings (SSSR count). The van der Waals surface area contributed by atoms with Crippen molar-refractivity contribution in [2.75, 3.05) is 6.61 Å². The lowest BCUT2D eigenvalue weighted by atomic mass is 9.92. The van der Waals surface area contributed by atoms with Gasteiger partial charge in [-0.25, -0.2) is 4.39 Å². The summed E-state index contributed by atoms with van der Waals surface area (Å²) in [7, 11) is 0. The Bertz CT molecular complexity index is 1360. The average molecular weight is 692 g/mol. The van der Waals surface area contributed by atoms with E-state index in [0.717, 1.165) is 0 Å². The minimum Gasteiger partial charge on any atom is -0.462 e. The van der Waals surface area contributed by atoms with Crippen LogP contribution in [0.4, 0.5) is 4.39 Å². The zero-order valence-electron chi connectivity index (χ0n) is 30.9. The number of benzene rings is 1. The largest absolute Gasteiger partial charge is 0.462 e. The van der Waals surface area contributed by atoms with Gasteiger partial charge >= 0.3 is 23.9 Å². The zero-order valence-corrected chi connectivity index (χ0v) is 30.9. The van der Waals surface area contributed by atoms with Crippen molar-refractivity contribution in [1.29, 1.82) is 0 Å². The van der Waals surface area contributed by atoms with Crippen molar-refractivity contribution in [3.8, 4) is 0 Å². The predicted molar refractivity (Wildman–Crippen MR) is 179 cm³/mol. The first kappa shape index (κ1) is 41.5. The Morgan fingerprint density at radius 1 is 0.776 bits per heavy atom. The topological polar surface area (TPSA) is 144 Å². The number of carbonyl (C=O) groups is 5. The van der Waals surface area contributed by atoms with Gasteiger partial charge in [-0.2, -0.15) is 0 Å². The number of hydrogen-bond acceptors (Lipinski definition) is 11. The normalized spacial score (nSPS) is 22.6. The summed E-state index contributed by atoms with van der Waals surface area (Å²) < 4.78 is 44.7. The van der Waals surface area contributed by atoms with E-state index in [1.807, 2.05) is 0 Å². The van der Waals surface area contributed by atoms with Crippen LogP contribution in [0.25, 0.3) is 0 Å². The Labute approximate surface area is 289 Å². The summed E-state index contributed by atoms with van der Waals surface area (Å²) in [5.41, 5.74) is -3.48. The molecule has 0 saturated carbocycles. The van der Waals surface area contributed by atoms with Gasteiger partial charge in [0.15, 0.2) is 24.5 Å². The molecule has 0 bridgehead atoms. The van der Waals surface area contributed by atoms with Crippen molar-refractivity contribution < 1.29 is 52.0 Å². The quantitative estimate of drug-likeness (QED) is 0.130. The van der Waals surface area contributed by atoms with Crippen LogP contribution in [0.2, 0.25) is 0 Å². The number of esters is 4. The maximum Gasteiger partial charge on any atom is 0.311 e. The van der Waals surface area contributed by atoms with Gasteiger partial charge in [-0.15, -0.1) is 0 Å². The highest BCUT2D eigenvalue weighted by Crippen LogP contribution is 2.35. The van der Waals surface area contributed by atoms with Crippen molar-refractivity contribution >= 4 is 30.2 Å². The lowest BCUT2D eigenvalue weighted by Crippen LogP contribution is -2.66. The van der Waals surface area contributed by atoms with Crippen molar-refractivity contribution in [3.63, 3.8) is 0 Å². The molecule has 1 aliphatic heterocycles. The first-order valence-corrected chi connectivity index (χ1v) is 16.4. The molecule has 1 aliphatic rings. The van der Waals surface area contributed by atoms with Gasteiger partial charge in [-0.3, -0.25) is 29.3 Å². The molecule has 12 heteroatoms. The Balaban J connectivity index is 2.81. The van der Waals surface area contributed by atoms with Gasteiger partial charge in [0.05, 0.1) is 21.7 Å². The van der Waals surface area contributed by atoms with Crippen LogP contribution >= 0.6 is 0 Å². The standard InChI is InChI=1S/C37H54FNO10/c1-34(2,3)30(41)45-21-25-26(47-31(42)35(4,5)6)27(48-32(43)36(7,8)9)28(49-33(44)37(10,11)12)29(46-25)39-24(18-13-14-19-40)22-16-15-17-23(38)20-22/h13-17,19-20,24-29,39H,18,21H2,1-12H3/b14-13+/t24-,25+,26-,27-,28+,29+/m0/s1. The van der Waals surface area contributed by atoms with Crippen molar-refractivity contribution in [1.82, 2.24) is 5.32 Å². The molecule has 0 amide bonds. The fourth-order valence-electron chi connectivity index (χ4n) is 4.36. The number of rotatable bonds is 11. The second-order valence-corrected chi connectivity index (χ2v) is 16.4. The van der Waals surface area contributed by atoms with Crippen molar-refractivity contribution in [2.24, 2.45) is 21.7 Å². The molecule has 1 aromatic carbocycles. The molecule has 6 atom stereocenters. The molecule has 1 aromatic rings. The molecular weight excluding hydrogens is 637 g/mol. The lowest BCUT2D eigenvalue weighted by Gasteiger charge is -2.47. The zero-order chi connectivity index (χ0) is 37.5. The van der Waals surface area contributed by atoms with E-state index < -0.39 is 94.6 Å². The first-order valence-electron chi connectivity index (χ1n) is 16.4. The highest BCUT2D eigenvalue weighted by atomic mass is 19.1. The molecule has 0 spiro atoms. The molecule has 274 valence electrons. The van der Waals surface area contributed by atoms with Crippen LogP contribution in [-0.4, -0.2) is 67.4 Å². The maximum absolute atomic E-state index is 14.4. The summed E-state index contributed by atoms with van der Waals surface area (Å²) in [6, 6.07) is 5.05. The van der Waals surface area contributed by atoms with Gasteiger partial charge in [0.1, 0.15) is 24.8 Å². The van der Waals surface area contributed by atoms with Crippen molar-refractivity contribution in [3.05, 3.63) is 47.8 Å². The van der Waals surface area contributed by atoms with Gasteiger partial charge in [0, 0.05) is 6.04 Å². The summed E-state index contributed by atoms with van der Waals surface area (Å²) in [6.07, 6.45) is -3.15. The number of halogens is 1. The summed E-state index contributed by atoms with van der Waals surface area (Å²) in [5, 5.41) is 3.25. The summed E-state index contributed by atoms with van der Waals surface area (Å²) in [6.45, 7) is 19.4. The average Bonchev–Trinajstić information content (AvgIpc) is 2.95.